The van der Waals surface area contributed by atoms with Crippen molar-refractivity contribution in [3.05, 3.63) is 34.9 Å². The number of nitriles is 1. The lowest BCUT2D eigenvalue weighted by atomic mass is 9.94. The fourth-order valence-electron chi connectivity index (χ4n) is 4.48. The molecule has 2 aliphatic carbocycles. The van der Waals surface area contributed by atoms with Crippen LogP contribution in [0.25, 0.3) is 0 Å². The van der Waals surface area contributed by atoms with Crippen molar-refractivity contribution in [3.8, 4) is 6.07 Å². The Bertz CT molecular complexity index is 987. The van der Waals surface area contributed by atoms with E-state index >= 15 is 0 Å². The van der Waals surface area contributed by atoms with Crippen LogP contribution in [0.3, 0.4) is 0 Å². The van der Waals surface area contributed by atoms with Crippen LogP contribution in [0.2, 0.25) is 0 Å². The van der Waals surface area contributed by atoms with Crippen LogP contribution >= 0.6 is 0 Å². The molecule has 3 amide bonds. The van der Waals surface area contributed by atoms with Gasteiger partial charge in [-0.2, -0.15) is 5.26 Å². The van der Waals surface area contributed by atoms with Gasteiger partial charge >= 0.3 is 5.97 Å². The van der Waals surface area contributed by atoms with E-state index in [2.05, 4.69) is 11.4 Å². The van der Waals surface area contributed by atoms with Gasteiger partial charge in [0.15, 0.2) is 6.61 Å². The van der Waals surface area contributed by atoms with Gasteiger partial charge in [0.05, 0.1) is 22.8 Å². The van der Waals surface area contributed by atoms with Gasteiger partial charge in [-0.3, -0.25) is 19.3 Å². The molecule has 0 unspecified atom stereocenters. The third-order valence-electron chi connectivity index (χ3n) is 6.45. The number of rotatable bonds is 6. The highest BCUT2D eigenvalue weighted by molar-refractivity contribution is 6.22. The molecular weight excluding hydrogens is 398 g/mol. The number of esters is 1. The van der Waals surface area contributed by atoms with E-state index in [9.17, 15) is 24.4 Å². The highest BCUT2D eigenvalue weighted by Crippen LogP contribution is 2.39. The number of carbonyl (C=O) groups is 4. The Morgan fingerprint density at radius 3 is 2.45 bits per heavy atom. The molecule has 3 aliphatic rings. The Kier molecular flexibility index (Phi) is 5.52. The molecule has 1 aromatic carbocycles. The maximum atomic E-state index is 12.9. The third kappa shape index (κ3) is 4.05. The molecule has 1 aliphatic heterocycles. The third-order valence-corrected chi connectivity index (χ3v) is 6.45. The van der Waals surface area contributed by atoms with Crippen molar-refractivity contribution in [1.29, 1.82) is 5.26 Å². The van der Waals surface area contributed by atoms with Gasteiger partial charge in [0.2, 0.25) is 0 Å². The SMILES string of the molecule is C[C@](C#N)(NC(=O)COC(=O)c1ccc2c(c1)C(=O)N(C1CCCCC1)C2=O)C1CC1. The molecule has 1 aromatic rings. The lowest BCUT2D eigenvalue weighted by Crippen LogP contribution is -2.48. The number of fused-ring (bicyclic) bond motifs is 1. The van der Waals surface area contributed by atoms with E-state index < -0.39 is 24.0 Å². The molecule has 0 saturated heterocycles. The second kappa shape index (κ2) is 8.14. The minimum Gasteiger partial charge on any atom is -0.452 e. The van der Waals surface area contributed by atoms with E-state index in [4.69, 9.17) is 4.74 Å². The number of hydrogen-bond acceptors (Lipinski definition) is 6. The molecule has 0 aromatic heterocycles. The average Bonchev–Trinajstić information content (AvgIpc) is 3.60. The maximum Gasteiger partial charge on any atom is 0.338 e. The molecule has 162 valence electrons. The van der Waals surface area contributed by atoms with Crippen molar-refractivity contribution in [3.63, 3.8) is 0 Å². The van der Waals surface area contributed by atoms with Crippen molar-refractivity contribution in [1.82, 2.24) is 10.2 Å². The summed E-state index contributed by atoms with van der Waals surface area (Å²) in [6.07, 6.45) is 6.45. The molecule has 0 bridgehead atoms. The number of carbonyl (C=O) groups excluding carboxylic acids is 4. The number of imide groups is 1. The summed E-state index contributed by atoms with van der Waals surface area (Å²) in [6, 6.07) is 6.28. The van der Waals surface area contributed by atoms with Gasteiger partial charge < -0.3 is 10.1 Å². The van der Waals surface area contributed by atoms with Crippen LogP contribution < -0.4 is 5.32 Å². The fourth-order valence-corrected chi connectivity index (χ4v) is 4.48. The van der Waals surface area contributed by atoms with Gasteiger partial charge in [0, 0.05) is 6.04 Å². The second-order valence-electron chi connectivity index (χ2n) is 8.75. The first-order valence-electron chi connectivity index (χ1n) is 10.8. The Labute approximate surface area is 180 Å². The van der Waals surface area contributed by atoms with Gasteiger partial charge in [0.25, 0.3) is 17.7 Å². The van der Waals surface area contributed by atoms with E-state index in [1.54, 1.807) is 6.92 Å². The van der Waals surface area contributed by atoms with Crippen LogP contribution in [0.1, 0.15) is 82.9 Å². The summed E-state index contributed by atoms with van der Waals surface area (Å²) < 4.78 is 5.08. The summed E-state index contributed by atoms with van der Waals surface area (Å²) >= 11 is 0. The lowest BCUT2D eigenvalue weighted by Gasteiger charge is -2.29. The lowest BCUT2D eigenvalue weighted by molar-refractivity contribution is -0.125. The molecule has 8 nitrogen and oxygen atoms in total. The molecule has 4 rings (SSSR count). The maximum absolute atomic E-state index is 12.9. The van der Waals surface area contributed by atoms with Crippen LogP contribution in [0.15, 0.2) is 18.2 Å². The zero-order chi connectivity index (χ0) is 22.2. The first-order valence-corrected chi connectivity index (χ1v) is 10.8. The minimum absolute atomic E-state index is 0.0961. The quantitative estimate of drug-likeness (QED) is 0.555. The summed E-state index contributed by atoms with van der Waals surface area (Å²) in [7, 11) is 0. The second-order valence-corrected chi connectivity index (χ2v) is 8.75. The molecule has 2 fully saturated rings. The number of amides is 3. The highest BCUT2D eigenvalue weighted by Gasteiger charge is 2.43. The number of benzene rings is 1. The van der Waals surface area contributed by atoms with Crippen LogP contribution in [-0.2, 0) is 9.53 Å². The van der Waals surface area contributed by atoms with Gasteiger partial charge in [-0.25, -0.2) is 4.79 Å². The standard InChI is InChI=1S/C23H25N3O5/c1-23(13-24,15-8-9-15)25-19(27)12-31-22(30)14-7-10-17-18(11-14)21(29)26(20(17)28)16-5-3-2-4-6-16/h7,10-11,15-16H,2-6,8-9,12H2,1H3,(H,25,27)/t23-/m1/s1. The van der Waals surface area contributed by atoms with Crippen molar-refractivity contribution < 1.29 is 23.9 Å². The van der Waals surface area contributed by atoms with E-state index in [0.29, 0.717) is 5.56 Å². The molecule has 1 N–H and O–H groups in total. The van der Waals surface area contributed by atoms with E-state index in [1.165, 1.54) is 23.1 Å². The molecule has 0 radical (unpaired) electrons. The first kappa shape index (κ1) is 21.0. The molecule has 2 saturated carbocycles. The normalized spacial score (nSPS) is 20.6. The van der Waals surface area contributed by atoms with E-state index in [-0.39, 0.29) is 34.9 Å². The van der Waals surface area contributed by atoms with E-state index in [0.717, 1.165) is 44.9 Å². The minimum atomic E-state index is -0.966. The Morgan fingerprint density at radius 1 is 1.13 bits per heavy atom. The summed E-state index contributed by atoms with van der Waals surface area (Å²) in [5, 5.41) is 11.9. The van der Waals surface area contributed by atoms with Crippen molar-refractivity contribution in [2.45, 2.75) is 63.5 Å². The monoisotopic (exact) mass is 423 g/mol. The van der Waals surface area contributed by atoms with Gasteiger partial charge in [-0.1, -0.05) is 19.3 Å². The smallest absolute Gasteiger partial charge is 0.338 e. The van der Waals surface area contributed by atoms with Crippen molar-refractivity contribution >= 4 is 23.7 Å². The van der Waals surface area contributed by atoms with Gasteiger partial charge in [-0.05, 0) is 56.7 Å². The first-order chi connectivity index (χ1) is 14.8. The summed E-state index contributed by atoms with van der Waals surface area (Å²) in [5.74, 6) is -1.90. The number of ether oxygens (including phenoxy) is 1. The Balaban J connectivity index is 1.40. The molecule has 0 spiro atoms. The van der Waals surface area contributed by atoms with Gasteiger partial charge in [0.1, 0.15) is 5.54 Å². The molecule has 1 atom stereocenters. The summed E-state index contributed by atoms with van der Waals surface area (Å²) in [6.45, 7) is 1.13. The zero-order valence-corrected chi connectivity index (χ0v) is 17.5. The Morgan fingerprint density at radius 2 is 1.81 bits per heavy atom. The van der Waals surface area contributed by atoms with E-state index in [1.807, 2.05) is 0 Å². The molecular formula is C23H25N3O5. The average molecular weight is 423 g/mol. The Hall–Kier alpha value is -3.21. The van der Waals surface area contributed by atoms with Crippen molar-refractivity contribution in [2.75, 3.05) is 6.61 Å². The summed E-state index contributed by atoms with van der Waals surface area (Å²) in [4.78, 5) is 51.5. The van der Waals surface area contributed by atoms with Gasteiger partial charge in [-0.15, -0.1) is 0 Å². The topological polar surface area (TPSA) is 117 Å². The zero-order valence-electron chi connectivity index (χ0n) is 17.5. The predicted octanol–water partition coefficient (Wildman–Crippen LogP) is 2.58. The van der Waals surface area contributed by atoms with Crippen molar-refractivity contribution in [2.24, 2.45) is 5.92 Å². The van der Waals surface area contributed by atoms with Crippen LogP contribution in [0.4, 0.5) is 0 Å². The van der Waals surface area contributed by atoms with Crippen LogP contribution in [-0.4, -0.2) is 46.8 Å². The molecule has 1 heterocycles. The predicted molar refractivity (Wildman–Crippen MR) is 109 cm³/mol. The number of hydrogen-bond donors (Lipinski definition) is 1. The number of nitrogens with one attached hydrogen (secondary N) is 1. The summed E-state index contributed by atoms with van der Waals surface area (Å²) in [5.41, 5.74) is -0.380. The highest BCUT2D eigenvalue weighted by atomic mass is 16.5. The largest absolute Gasteiger partial charge is 0.452 e. The molecule has 31 heavy (non-hydrogen) atoms. The van der Waals surface area contributed by atoms with Crippen LogP contribution in [0, 0.1) is 17.2 Å². The van der Waals surface area contributed by atoms with Crippen LogP contribution in [0.5, 0.6) is 0 Å². The number of nitrogens with zero attached hydrogens (tertiary/aromatic N) is 2. The fraction of sp³-hybridized carbons (Fsp3) is 0.522. The molecule has 8 heteroatoms.